The zero-order valence-electron chi connectivity index (χ0n) is 10.2. The highest BCUT2D eigenvalue weighted by atomic mass is 35.5. The average Bonchev–Trinajstić information content (AvgIpc) is 2.92. The van der Waals surface area contributed by atoms with E-state index in [0.717, 1.165) is 34.1 Å². The normalized spacial score (nSPS) is 17.8. The van der Waals surface area contributed by atoms with Crippen LogP contribution in [0.15, 0.2) is 35.7 Å². The molecule has 98 valence electrons. The van der Waals surface area contributed by atoms with Crippen molar-refractivity contribution in [3.05, 3.63) is 56.7 Å². The van der Waals surface area contributed by atoms with Gasteiger partial charge in [-0.3, -0.25) is 4.79 Å². The maximum Gasteiger partial charge on any atom is 0.261 e. The first-order valence-electron chi connectivity index (χ1n) is 6.07. The standard InChI is InChI=1S/C14H13ClN2OS/c15-10-3-4-11-9(6-10)7-16-8-12(11)17-14(18)13-2-1-5-19-13/h1-6,12,16H,7-8H2,(H,17,18). The van der Waals surface area contributed by atoms with Gasteiger partial charge in [-0.2, -0.15) is 0 Å². The molecule has 0 radical (unpaired) electrons. The lowest BCUT2D eigenvalue weighted by Crippen LogP contribution is -2.39. The summed E-state index contributed by atoms with van der Waals surface area (Å²) in [5.74, 6) is -0.0235. The fourth-order valence-electron chi connectivity index (χ4n) is 2.29. The molecule has 0 bridgehead atoms. The highest BCUT2D eigenvalue weighted by molar-refractivity contribution is 7.12. The lowest BCUT2D eigenvalue weighted by molar-refractivity contribution is 0.0938. The number of benzene rings is 1. The first-order valence-corrected chi connectivity index (χ1v) is 7.33. The van der Waals surface area contributed by atoms with Crippen LogP contribution in [0.2, 0.25) is 5.02 Å². The molecule has 0 saturated carbocycles. The van der Waals surface area contributed by atoms with E-state index in [-0.39, 0.29) is 11.9 Å². The molecule has 2 aromatic rings. The summed E-state index contributed by atoms with van der Waals surface area (Å²) in [6.45, 7) is 1.53. The SMILES string of the molecule is O=C(NC1CNCc2cc(Cl)ccc21)c1cccs1. The number of rotatable bonds is 2. The van der Waals surface area contributed by atoms with Crippen molar-refractivity contribution in [2.24, 2.45) is 0 Å². The van der Waals surface area contributed by atoms with E-state index < -0.39 is 0 Å². The first kappa shape index (κ1) is 12.7. The molecule has 0 fully saturated rings. The molecule has 19 heavy (non-hydrogen) atoms. The van der Waals surface area contributed by atoms with Gasteiger partial charge >= 0.3 is 0 Å². The van der Waals surface area contributed by atoms with Crippen molar-refractivity contribution in [3.8, 4) is 0 Å². The fourth-order valence-corrected chi connectivity index (χ4v) is 3.12. The van der Waals surface area contributed by atoms with Gasteiger partial charge in [0.05, 0.1) is 10.9 Å². The Kier molecular flexibility index (Phi) is 3.55. The van der Waals surface area contributed by atoms with Crippen LogP contribution < -0.4 is 10.6 Å². The summed E-state index contributed by atoms with van der Waals surface area (Å²) in [6, 6.07) is 9.53. The van der Waals surface area contributed by atoms with E-state index in [0.29, 0.717) is 0 Å². The van der Waals surface area contributed by atoms with Crippen LogP contribution in [0.25, 0.3) is 0 Å². The number of carbonyl (C=O) groups is 1. The molecule has 1 aromatic carbocycles. The summed E-state index contributed by atoms with van der Waals surface area (Å²) in [5, 5.41) is 8.99. The first-order chi connectivity index (χ1) is 9.24. The molecule has 2 heterocycles. The summed E-state index contributed by atoms with van der Waals surface area (Å²) >= 11 is 7.45. The summed E-state index contributed by atoms with van der Waals surface area (Å²) in [4.78, 5) is 12.8. The van der Waals surface area contributed by atoms with Gasteiger partial charge in [0.25, 0.3) is 5.91 Å². The zero-order valence-corrected chi connectivity index (χ0v) is 11.7. The van der Waals surface area contributed by atoms with Gasteiger partial charge in [0, 0.05) is 18.1 Å². The molecule has 1 aromatic heterocycles. The summed E-state index contributed by atoms with van der Waals surface area (Å²) in [6.07, 6.45) is 0. The summed E-state index contributed by atoms with van der Waals surface area (Å²) in [7, 11) is 0. The number of amides is 1. The number of hydrogen-bond acceptors (Lipinski definition) is 3. The number of carbonyl (C=O) groups excluding carboxylic acids is 1. The van der Waals surface area contributed by atoms with Crippen molar-refractivity contribution in [2.45, 2.75) is 12.6 Å². The van der Waals surface area contributed by atoms with Crippen LogP contribution in [0.5, 0.6) is 0 Å². The molecule has 5 heteroatoms. The maximum absolute atomic E-state index is 12.1. The molecule has 1 atom stereocenters. The third-order valence-electron chi connectivity index (χ3n) is 3.19. The molecule has 3 rings (SSSR count). The Morgan fingerprint density at radius 2 is 2.32 bits per heavy atom. The van der Waals surface area contributed by atoms with Crippen LogP contribution in [-0.4, -0.2) is 12.5 Å². The molecule has 0 aliphatic carbocycles. The topological polar surface area (TPSA) is 41.1 Å². The second-order valence-corrected chi connectivity index (χ2v) is 5.86. The Labute approximate surface area is 120 Å². The minimum absolute atomic E-state index is 0.00406. The molecule has 0 saturated heterocycles. The molecule has 2 N–H and O–H groups in total. The second-order valence-electron chi connectivity index (χ2n) is 4.48. The Bertz CT molecular complexity index is 597. The van der Waals surface area contributed by atoms with Gasteiger partial charge in [-0.05, 0) is 34.7 Å². The van der Waals surface area contributed by atoms with E-state index in [9.17, 15) is 4.79 Å². The smallest absolute Gasteiger partial charge is 0.261 e. The van der Waals surface area contributed by atoms with Crippen molar-refractivity contribution < 1.29 is 4.79 Å². The van der Waals surface area contributed by atoms with Gasteiger partial charge in [0.2, 0.25) is 0 Å². The van der Waals surface area contributed by atoms with Crippen molar-refractivity contribution in [2.75, 3.05) is 6.54 Å². The molecule has 0 spiro atoms. The molecule has 1 aliphatic heterocycles. The number of thiophene rings is 1. The summed E-state index contributed by atoms with van der Waals surface area (Å²) < 4.78 is 0. The number of nitrogens with one attached hydrogen (secondary N) is 2. The molecule has 1 aliphatic rings. The van der Waals surface area contributed by atoms with E-state index in [4.69, 9.17) is 11.6 Å². The minimum Gasteiger partial charge on any atom is -0.343 e. The van der Waals surface area contributed by atoms with Crippen molar-refractivity contribution in [1.82, 2.24) is 10.6 Å². The lowest BCUT2D eigenvalue weighted by atomic mass is 9.96. The van der Waals surface area contributed by atoms with E-state index in [1.165, 1.54) is 11.3 Å². The third-order valence-corrected chi connectivity index (χ3v) is 4.30. The number of halogens is 1. The van der Waals surface area contributed by atoms with Gasteiger partial charge in [-0.15, -0.1) is 11.3 Å². The largest absolute Gasteiger partial charge is 0.343 e. The Morgan fingerprint density at radius 1 is 1.42 bits per heavy atom. The lowest BCUT2D eigenvalue weighted by Gasteiger charge is -2.27. The van der Waals surface area contributed by atoms with Crippen LogP contribution in [0.4, 0.5) is 0 Å². The molecule has 3 nitrogen and oxygen atoms in total. The number of fused-ring (bicyclic) bond motifs is 1. The van der Waals surface area contributed by atoms with Gasteiger partial charge in [-0.25, -0.2) is 0 Å². The quantitative estimate of drug-likeness (QED) is 0.893. The van der Waals surface area contributed by atoms with E-state index in [1.54, 1.807) is 0 Å². The highest BCUT2D eigenvalue weighted by Gasteiger charge is 2.22. The maximum atomic E-state index is 12.1. The minimum atomic E-state index is -0.0235. The fraction of sp³-hybridized carbons (Fsp3) is 0.214. The number of hydrogen-bond donors (Lipinski definition) is 2. The van der Waals surface area contributed by atoms with Crippen molar-refractivity contribution in [1.29, 1.82) is 0 Å². The van der Waals surface area contributed by atoms with E-state index in [2.05, 4.69) is 10.6 Å². The van der Waals surface area contributed by atoms with Gasteiger partial charge in [0.1, 0.15) is 0 Å². The van der Waals surface area contributed by atoms with Crippen LogP contribution in [-0.2, 0) is 6.54 Å². The predicted octanol–water partition coefficient (Wildman–Crippen LogP) is 2.98. The predicted molar refractivity (Wildman–Crippen MR) is 77.7 cm³/mol. The Morgan fingerprint density at radius 3 is 3.11 bits per heavy atom. The van der Waals surface area contributed by atoms with Gasteiger partial charge < -0.3 is 10.6 Å². The second kappa shape index (κ2) is 5.33. The van der Waals surface area contributed by atoms with Crippen molar-refractivity contribution >= 4 is 28.8 Å². The van der Waals surface area contributed by atoms with Crippen LogP contribution in [0.1, 0.15) is 26.8 Å². The summed E-state index contributed by atoms with van der Waals surface area (Å²) in [5.41, 5.74) is 2.29. The average molecular weight is 293 g/mol. The Balaban J connectivity index is 1.82. The Hall–Kier alpha value is -1.36. The molecule has 1 amide bonds. The highest BCUT2D eigenvalue weighted by Crippen LogP contribution is 2.25. The molecular weight excluding hydrogens is 280 g/mol. The van der Waals surface area contributed by atoms with E-state index >= 15 is 0 Å². The van der Waals surface area contributed by atoms with Crippen LogP contribution >= 0.6 is 22.9 Å². The van der Waals surface area contributed by atoms with Gasteiger partial charge in [-0.1, -0.05) is 23.7 Å². The zero-order chi connectivity index (χ0) is 13.2. The van der Waals surface area contributed by atoms with Crippen molar-refractivity contribution in [3.63, 3.8) is 0 Å². The van der Waals surface area contributed by atoms with E-state index in [1.807, 2.05) is 35.7 Å². The third kappa shape index (κ3) is 2.66. The van der Waals surface area contributed by atoms with Crippen LogP contribution in [0.3, 0.4) is 0 Å². The van der Waals surface area contributed by atoms with Crippen LogP contribution in [0, 0.1) is 0 Å². The molecule has 1 unspecified atom stereocenters. The monoisotopic (exact) mass is 292 g/mol. The van der Waals surface area contributed by atoms with Gasteiger partial charge in [0.15, 0.2) is 0 Å². The molecular formula is C14H13ClN2OS.